The molecule has 0 unspecified atom stereocenters. The average molecular weight is 940 g/mol. The van der Waals surface area contributed by atoms with E-state index in [-0.39, 0.29) is 44.8 Å². The Morgan fingerprint density at radius 1 is 0.652 bits per heavy atom. The molecule has 0 atom stereocenters. The minimum atomic E-state index is -3.00. The number of hydrogen-bond donors (Lipinski definition) is 2. The van der Waals surface area contributed by atoms with Crippen molar-refractivity contribution in [2.24, 2.45) is 0 Å². The van der Waals surface area contributed by atoms with Gasteiger partial charge in [-0.2, -0.15) is 44.9 Å². The highest BCUT2D eigenvalue weighted by Crippen LogP contribution is 2.28. The molecule has 0 aliphatic rings. The van der Waals surface area contributed by atoms with Gasteiger partial charge in [-0.3, -0.25) is 0 Å². The maximum atomic E-state index is 12.0. The normalized spacial score (nSPS) is 10.3. The molecule has 46 heavy (non-hydrogen) atoms. The van der Waals surface area contributed by atoms with E-state index in [1.165, 1.54) is 6.20 Å². The van der Waals surface area contributed by atoms with Crippen molar-refractivity contribution in [3.8, 4) is 0 Å². The molecule has 0 bridgehead atoms. The summed E-state index contributed by atoms with van der Waals surface area (Å²) in [7, 11) is 0. The molecule has 0 aliphatic heterocycles. The van der Waals surface area contributed by atoms with Gasteiger partial charge < -0.3 is 31.7 Å². The molecule has 260 valence electrons. The molecule has 0 amide bonds. The van der Waals surface area contributed by atoms with Gasteiger partial charge in [-0.15, -0.1) is 9.78 Å². The Morgan fingerprint density at radius 3 is 1.33 bits per heavy atom. The number of aromatic nitrogens is 8. The molecule has 16 nitrogen and oxygen atoms in total. The second-order valence-corrected chi connectivity index (χ2v) is 10.2. The first-order valence-electron chi connectivity index (χ1n) is 10.2. The molecule has 4 N–H and O–H groups in total. The minimum absolute atomic E-state index is 0. The van der Waals surface area contributed by atoms with E-state index < -0.39 is 47.7 Å². The van der Waals surface area contributed by atoms with Crippen LogP contribution in [0.1, 0.15) is 41.1 Å². The Hall–Kier alpha value is -3.40. The van der Waals surface area contributed by atoms with Crippen LogP contribution in [0.4, 0.5) is 58.4 Å². The first-order valence-corrected chi connectivity index (χ1v) is 13.3. The number of anilines is 2. The number of nitrogen functional groups attached to an aromatic ring is 2. The van der Waals surface area contributed by atoms with E-state index in [2.05, 4.69) is 84.1 Å². The molecule has 0 fully saturated rings. The molecule has 0 aliphatic carbocycles. The zero-order chi connectivity index (χ0) is 34.0. The molecule has 28 heteroatoms. The molecule has 4 heterocycles. The van der Waals surface area contributed by atoms with E-state index in [0.29, 0.717) is 18.3 Å². The summed E-state index contributed by atoms with van der Waals surface area (Å²) in [6, 6.07) is 0. The molecular weight excluding hydrogens is 920 g/mol. The van der Waals surface area contributed by atoms with Gasteiger partial charge in [0, 0.05) is 6.20 Å². The lowest BCUT2D eigenvalue weighted by Gasteiger charge is -1.99. The highest BCUT2D eigenvalue weighted by atomic mass is 79.9. The van der Waals surface area contributed by atoms with E-state index in [1.54, 1.807) is 0 Å². The largest absolute Gasteiger partial charge is 0.406 e. The van der Waals surface area contributed by atoms with Crippen molar-refractivity contribution in [3.63, 3.8) is 0 Å². The molecule has 0 spiro atoms. The van der Waals surface area contributed by atoms with Crippen LogP contribution >= 0.6 is 63.7 Å². The predicted molar refractivity (Wildman–Crippen MR) is 160 cm³/mol. The lowest BCUT2D eigenvalue weighted by Crippen LogP contribution is -2.05. The fraction of sp³-hybridized carbons (Fsp3) is 0.333. The van der Waals surface area contributed by atoms with Crippen LogP contribution in [0.15, 0.2) is 42.7 Å². The number of nitrogens with two attached hydrogens (primary N) is 2. The monoisotopic (exact) mass is 936 g/mol. The van der Waals surface area contributed by atoms with Gasteiger partial charge in [0.05, 0.1) is 32.6 Å². The van der Waals surface area contributed by atoms with Crippen LogP contribution in [0, 0.1) is 20.2 Å². The van der Waals surface area contributed by atoms with Gasteiger partial charge in [0.1, 0.15) is 14.8 Å². The maximum Gasteiger partial charge on any atom is 0.406 e. The van der Waals surface area contributed by atoms with Crippen molar-refractivity contribution in [3.05, 3.63) is 62.9 Å². The third-order valence-electron chi connectivity index (χ3n) is 4.01. The van der Waals surface area contributed by atoms with Gasteiger partial charge in [0.2, 0.25) is 0 Å². The second-order valence-electron chi connectivity index (χ2n) is 6.83. The van der Waals surface area contributed by atoms with Crippen molar-refractivity contribution in [1.82, 2.24) is 39.1 Å². The summed E-state index contributed by atoms with van der Waals surface area (Å²) in [6.07, 6.45) is 4.15. The Labute approximate surface area is 285 Å². The van der Waals surface area contributed by atoms with Crippen molar-refractivity contribution >= 4 is 87.0 Å². The van der Waals surface area contributed by atoms with Gasteiger partial charge in [-0.1, -0.05) is 24.6 Å². The van der Waals surface area contributed by atoms with Crippen LogP contribution in [-0.4, -0.2) is 49.0 Å². The van der Waals surface area contributed by atoms with Gasteiger partial charge in [-0.05, 0) is 73.6 Å². The van der Waals surface area contributed by atoms with E-state index >= 15 is 0 Å². The summed E-state index contributed by atoms with van der Waals surface area (Å²) in [5, 5.41) is 33.1. The fourth-order valence-corrected chi connectivity index (χ4v) is 3.64. The number of nitrogens with zero attached hydrogens (tertiary/aromatic N) is 10. The quantitative estimate of drug-likeness (QED) is 0.107. The van der Waals surface area contributed by atoms with Crippen LogP contribution in [-0.2, 0) is 0 Å². The molecule has 4 aromatic heterocycles. The smallest absolute Gasteiger partial charge is 0.383 e. The third-order valence-corrected chi connectivity index (χ3v) is 6.35. The predicted octanol–water partition coefficient (Wildman–Crippen LogP) is 8.42. The van der Waals surface area contributed by atoms with Gasteiger partial charge in [-0.25, -0.2) is 4.68 Å². The Kier molecular flexibility index (Phi) is 19.4. The molecular formula is C18H20Br4F8N12O4. The highest BCUT2D eigenvalue weighted by molar-refractivity contribution is 9.11. The van der Waals surface area contributed by atoms with E-state index in [9.17, 15) is 55.4 Å². The average Bonchev–Trinajstić information content (AvgIpc) is 3.67. The molecule has 0 saturated heterocycles. The van der Waals surface area contributed by atoms with E-state index in [1.807, 2.05) is 0 Å². The Morgan fingerprint density at radius 2 is 1.09 bits per heavy atom. The van der Waals surface area contributed by atoms with Crippen molar-refractivity contribution < 1.29 is 45.0 Å². The summed E-state index contributed by atoms with van der Waals surface area (Å²) in [6.45, 7) is -11.2. The van der Waals surface area contributed by atoms with Crippen LogP contribution in [0.2, 0.25) is 0 Å². The number of rotatable bonds is 6. The first kappa shape index (κ1) is 44.7. The maximum absolute atomic E-state index is 12.0. The number of alkyl halides is 8. The van der Waals surface area contributed by atoms with Crippen molar-refractivity contribution in [1.29, 1.82) is 0 Å². The minimum Gasteiger partial charge on any atom is -0.383 e. The summed E-state index contributed by atoms with van der Waals surface area (Å²) < 4.78 is 96.8. The summed E-state index contributed by atoms with van der Waals surface area (Å²) in [4.78, 5) is 18.5. The van der Waals surface area contributed by atoms with Crippen LogP contribution < -0.4 is 11.5 Å². The summed E-state index contributed by atoms with van der Waals surface area (Å²) >= 11 is 11.3. The zero-order valence-corrected chi connectivity index (χ0v) is 26.8. The zero-order valence-electron chi connectivity index (χ0n) is 20.4. The second kappa shape index (κ2) is 20.0. The SMILES string of the molecule is C.C.Nc1c(Br)cnn1C(F)F.Nc1nn(C(F)F)cc1Br.O=[N+]([O-])c1c(Br)cnn1C(F)F.O=[N+]([O-])c1nn(C(F)F)cc1Br. The van der Waals surface area contributed by atoms with Crippen LogP contribution in [0.3, 0.4) is 0 Å². The van der Waals surface area contributed by atoms with E-state index in [0.717, 1.165) is 18.6 Å². The fourth-order valence-electron chi connectivity index (χ4n) is 2.22. The van der Waals surface area contributed by atoms with E-state index in [4.69, 9.17) is 11.5 Å². The van der Waals surface area contributed by atoms with Gasteiger partial charge in [0.15, 0.2) is 5.82 Å². The number of halogens is 12. The summed E-state index contributed by atoms with van der Waals surface area (Å²) in [5.41, 5.74) is 10.3. The van der Waals surface area contributed by atoms with Gasteiger partial charge in [0.25, 0.3) is 0 Å². The molecule has 0 saturated carbocycles. The van der Waals surface area contributed by atoms with Crippen molar-refractivity contribution in [2.75, 3.05) is 11.5 Å². The lowest BCUT2D eigenvalue weighted by molar-refractivity contribution is -0.395. The summed E-state index contributed by atoms with van der Waals surface area (Å²) in [5.74, 6) is -1.35. The Balaban J connectivity index is 0. The van der Waals surface area contributed by atoms with Gasteiger partial charge >= 0.3 is 37.8 Å². The molecule has 0 aromatic carbocycles. The molecule has 4 rings (SSSR count). The van der Waals surface area contributed by atoms with Crippen LogP contribution in [0.25, 0.3) is 0 Å². The molecule has 0 radical (unpaired) electrons. The highest BCUT2D eigenvalue weighted by Gasteiger charge is 2.26. The van der Waals surface area contributed by atoms with Crippen molar-refractivity contribution in [2.45, 2.75) is 41.1 Å². The van der Waals surface area contributed by atoms with Crippen LogP contribution in [0.5, 0.6) is 0 Å². The number of nitro groups is 2. The number of hydrogen-bond acceptors (Lipinski definition) is 10. The third kappa shape index (κ3) is 12.8. The topological polar surface area (TPSA) is 210 Å². The molecule has 4 aromatic rings. The first-order chi connectivity index (χ1) is 20.3. The standard InChI is InChI=1S/2C4H2BrF2N3O2.2C4H4BrF2N3.2CH4/c5-2-1-9(4(6)7)8-3(2)10(11)12;5-2-1-8-9(4(6)7)3(2)10(11)12;5-2-1-10(4(6)7)9-3(2)8;5-2-1-9-10(3(2)8)4(6)7;;/h2*1,4H;1,4H,(H2,8,9);1,4H,8H2;2*1H4. The lowest BCUT2D eigenvalue weighted by atomic mass is 10.6. The Bertz CT molecular complexity index is 1530.